The van der Waals surface area contributed by atoms with Gasteiger partial charge >= 0.3 is 5.97 Å². The summed E-state index contributed by atoms with van der Waals surface area (Å²) < 4.78 is 18.9. The highest BCUT2D eigenvalue weighted by atomic mass is 35.5. The van der Waals surface area contributed by atoms with Crippen LogP contribution in [0, 0.1) is 5.82 Å². The third kappa shape index (κ3) is 4.33. The molecule has 0 radical (unpaired) electrons. The van der Waals surface area contributed by atoms with Gasteiger partial charge in [0.05, 0.1) is 12.7 Å². The van der Waals surface area contributed by atoms with Gasteiger partial charge < -0.3 is 15.0 Å². The van der Waals surface area contributed by atoms with Crippen LogP contribution in [0.4, 0.5) is 4.39 Å². The summed E-state index contributed by atoms with van der Waals surface area (Å²) in [7, 11) is 1.32. The monoisotopic (exact) mass is 503 g/mol. The van der Waals surface area contributed by atoms with Crippen LogP contribution in [0.25, 0.3) is 0 Å². The molecule has 0 unspecified atom stereocenters. The number of methoxy groups -OCH3 is 1. The maximum absolute atomic E-state index is 13.8. The minimum absolute atomic E-state index is 0.174. The van der Waals surface area contributed by atoms with Crippen LogP contribution in [0.5, 0.6) is 0 Å². The van der Waals surface area contributed by atoms with Crippen LogP contribution in [0.2, 0.25) is 5.02 Å². The van der Waals surface area contributed by atoms with Crippen LogP contribution in [0.3, 0.4) is 0 Å². The maximum atomic E-state index is 13.8. The van der Waals surface area contributed by atoms with Gasteiger partial charge in [0.15, 0.2) is 10.8 Å². The number of rotatable bonds is 5. The second-order valence-electron chi connectivity index (χ2n) is 8.41. The number of esters is 1. The molecule has 0 bridgehead atoms. The van der Waals surface area contributed by atoms with Gasteiger partial charge in [-0.05, 0) is 18.6 Å². The first-order valence-corrected chi connectivity index (χ1v) is 12.2. The predicted octanol–water partition coefficient (Wildman–Crippen LogP) is 2.76. The number of hydrogen-bond donors (Lipinski definition) is 1. The lowest BCUT2D eigenvalue weighted by molar-refractivity contribution is -0.136. The summed E-state index contributed by atoms with van der Waals surface area (Å²) in [5.74, 6) is -0.291. The SMILES string of the molecule is COC(=O)C1=C(CN2CCN3C(=O)CC[C@H]3C2)NC(c2nccs2)=N[C@H]1c1ccc(F)cc1Cl. The van der Waals surface area contributed by atoms with Gasteiger partial charge in [-0.15, -0.1) is 11.3 Å². The summed E-state index contributed by atoms with van der Waals surface area (Å²) in [6.45, 7) is 2.50. The number of amides is 1. The van der Waals surface area contributed by atoms with E-state index in [2.05, 4.69) is 15.2 Å². The summed E-state index contributed by atoms with van der Waals surface area (Å²) in [5.41, 5.74) is 1.46. The number of hydrogen-bond acceptors (Lipinski definition) is 8. The smallest absolute Gasteiger partial charge is 0.338 e. The van der Waals surface area contributed by atoms with Crippen LogP contribution in [0.1, 0.15) is 29.5 Å². The van der Waals surface area contributed by atoms with Crippen molar-refractivity contribution in [3.63, 3.8) is 0 Å². The number of piperazine rings is 1. The highest BCUT2D eigenvalue weighted by molar-refractivity contribution is 7.11. The van der Waals surface area contributed by atoms with Gasteiger partial charge in [-0.2, -0.15) is 0 Å². The summed E-state index contributed by atoms with van der Waals surface area (Å²) in [5, 5.41) is 5.98. The van der Waals surface area contributed by atoms with Crippen molar-refractivity contribution in [2.45, 2.75) is 24.9 Å². The highest BCUT2D eigenvalue weighted by Gasteiger charge is 2.38. The molecule has 3 aliphatic rings. The lowest BCUT2D eigenvalue weighted by Crippen LogP contribution is -2.52. The summed E-state index contributed by atoms with van der Waals surface area (Å²) in [4.78, 5) is 38.4. The molecule has 0 spiro atoms. The Kier molecular flexibility index (Phi) is 6.37. The van der Waals surface area contributed by atoms with Gasteiger partial charge in [-0.1, -0.05) is 17.7 Å². The molecule has 1 amide bonds. The second kappa shape index (κ2) is 9.44. The van der Waals surface area contributed by atoms with Crippen molar-refractivity contribution >= 4 is 40.6 Å². The highest BCUT2D eigenvalue weighted by Crippen LogP contribution is 2.37. The van der Waals surface area contributed by atoms with Crippen molar-refractivity contribution in [1.82, 2.24) is 20.1 Å². The number of carbonyl (C=O) groups excluding carboxylic acids is 2. The standard InChI is InChI=1S/C23H23ClFN5O3S/c1-33-23(32)19-17(12-29-7-8-30-14(11-29)3-5-18(30)31)27-21(22-26-6-9-34-22)28-20(19)15-4-2-13(25)10-16(15)24/h2,4,6,9-10,14,20H,3,5,7-8,11-12H2,1H3,(H,27,28)/t14-,20-/m0/s1. The Morgan fingerprint density at radius 2 is 2.24 bits per heavy atom. The zero-order valence-electron chi connectivity index (χ0n) is 18.5. The average molecular weight is 504 g/mol. The van der Waals surface area contributed by atoms with E-state index in [1.165, 1.54) is 30.6 Å². The Bertz CT molecular complexity index is 1190. The van der Waals surface area contributed by atoms with Gasteiger partial charge in [0, 0.05) is 66.5 Å². The molecule has 1 aromatic carbocycles. The normalized spacial score (nSPS) is 23.0. The maximum Gasteiger partial charge on any atom is 0.338 e. The average Bonchev–Trinajstić information content (AvgIpc) is 3.49. The van der Waals surface area contributed by atoms with E-state index in [9.17, 15) is 14.0 Å². The number of ether oxygens (including phenoxy) is 1. The van der Waals surface area contributed by atoms with Gasteiger partial charge in [0.25, 0.3) is 0 Å². The van der Waals surface area contributed by atoms with Crippen molar-refractivity contribution < 1.29 is 18.7 Å². The number of thiazole rings is 1. The number of carbonyl (C=O) groups is 2. The second-order valence-corrected chi connectivity index (χ2v) is 9.71. The first-order valence-electron chi connectivity index (χ1n) is 11.0. The van der Waals surface area contributed by atoms with Gasteiger partial charge in [0.2, 0.25) is 5.91 Å². The number of aromatic nitrogens is 1. The number of aliphatic imine (C=N–C) groups is 1. The van der Waals surface area contributed by atoms with E-state index in [0.29, 0.717) is 53.7 Å². The minimum atomic E-state index is -0.787. The molecule has 178 valence electrons. The lowest BCUT2D eigenvalue weighted by atomic mass is 9.95. The van der Waals surface area contributed by atoms with E-state index in [0.717, 1.165) is 13.0 Å². The zero-order valence-corrected chi connectivity index (χ0v) is 20.0. The fourth-order valence-corrected chi connectivity index (χ4v) is 5.62. The molecule has 2 aromatic rings. The van der Waals surface area contributed by atoms with E-state index in [4.69, 9.17) is 21.3 Å². The first kappa shape index (κ1) is 22.9. The predicted molar refractivity (Wildman–Crippen MR) is 126 cm³/mol. The Balaban J connectivity index is 1.54. The topological polar surface area (TPSA) is 87.1 Å². The van der Waals surface area contributed by atoms with Gasteiger partial charge in [-0.3, -0.25) is 14.7 Å². The molecule has 11 heteroatoms. The third-order valence-electron chi connectivity index (χ3n) is 6.38. The molecule has 4 heterocycles. The molecule has 0 saturated carbocycles. The molecular weight excluding hydrogens is 481 g/mol. The molecule has 2 saturated heterocycles. The summed E-state index contributed by atoms with van der Waals surface area (Å²) in [6.07, 6.45) is 3.10. The van der Waals surface area contributed by atoms with Crippen LogP contribution in [0.15, 0.2) is 46.0 Å². The van der Waals surface area contributed by atoms with E-state index in [1.807, 2.05) is 10.3 Å². The molecular formula is C23H23ClFN5O3S. The van der Waals surface area contributed by atoms with Crippen molar-refractivity contribution in [2.24, 2.45) is 4.99 Å². The fourth-order valence-electron chi connectivity index (χ4n) is 4.76. The van der Waals surface area contributed by atoms with Crippen molar-refractivity contribution in [3.05, 3.63) is 62.5 Å². The molecule has 3 aliphatic heterocycles. The Labute approximate surface area is 205 Å². The van der Waals surface area contributed by atoms with E-state index < -0.39 is 17.8 Å². The molecule has 2 fully saturated rings. The third-order valence-corrected chi connectivity index (χ3v) is 7.49. The number of halogens is 2. The molecule has 1 N–H and O–H groups in total. The van der Waals surface area contributed by atoms with Crippen molar-refractivity contribution in [2.75, 3.05) is 33.3 Å². The molecule has 1 aromatic heterocycles. The summed E-state index contributed by atoms with van der Waals surface area (Å²) >= 11 is 7.81. The molecule has 5 rings (SSSR count). The van der Waals surface area contributed by atoms with Gasteiger partial charge in [0.1, 0.15) is 11.9 Å². The number of nitrogens with one attached hydrogen (secondary N) is 1. The lowest BCUT2D eigenvalue weighted by Gasteiger charge is -2.39. The number of fused-ring (bicyclic) bond motifs is 1. The van der Waals surface area contributed by atoms with Crippen LogP contribution < -0.4 is 5.32 Å². The number of benzene rings is 1. The minimum Gasteiger partial charge on any atom is -0.466 e. The molecule has 34 heavy (non-hydrogen) atoms. The zero-order chi connectivity index (χ0) is 23.8. The van der Waals surface area contributed by atoms with Crippen LogP contribution >= 0.6 is 22.9 Å². The Hall–Kier alpha value is -2.82. The fraction of sp³-hybridized carbons (Fsp3) is 0.391. The summed E-state index contributed by atoms with van der Waals surface area (Å²) in [6, 6.07) is 3.45. The molecule has 8 nitrogen and oxygen atoms in total. The largest absolute Gasteiger partial charge is 0.466 e. The van der Waals surface area contributed by atoms with Gasteiger partial charge in [-0.25, -0.2) is 14.2 Å². The first-order chi connectivity index (χ1) is 16.4. The Morgan fingerprint density at radius 3 is 2.97 bits per heavy atom. The van der Waals surface area contributed by atoms with Crippen LogP contribution in [-0.4, -0.2) is 71.8 Å². The van der Waals surface area contributed by atoms with E-state index >= 15 is 0 Å². The molecule has 0 aliphatic carbocycles. The van der Waals surface area contributed by atoms with E-state index in [-0.39, 0.29) is 17.0 Å². The van der Waals surface area contributed by atoms with Crippen molar-refractivity contribution in [3.8, 4) is 0 Å². The number of amidine groups is 1. The molecule has 2 atom stereocenters. The van der Waals surface area contributed by atoms with Crippen LogP contribution in [-0.2, 0) is 14.3 Å². The quantitative estimate of drug-likeness (QED) is 0.631. The van der Waals surface area contributed by atoms with Crippen molar-refractivity contribution in [1.29, 1.82) is 0 Å². The Morgan fingerprint density at radius 1 is 1.38 bits per heavy atom. The number of nitrogens with zero attached hydrogens (tertiary/aromatic N) is 4. The van der Waals surface area contributed by atoms with E-state index in [1.54, 1.807) is 12.3 Å².